The molecule has 4 nitrogen and oxygen atoms in total. The van der Waals surface area contributed by atoms with Gasteiger partial charge in [0.05, 0.1) is 24.5 Å². The topological polar surface area (TPSA) is 51.6 Å². The van der Waals surface area contributed by atoms with E-state index in [1.807, 2.05) is 19.9 Å². The van der Waals surface area contributed by atoms with Crippen LogP contribution in [0.15, 0.2) is 18.5 Å². The van der Waals surface area contributed by atoms with E-state index in [-0.39, 0.29) is 0 Å². The lowest BCUT2D eigenvalue weighted by atomic mass is 9.83. The highest BCUT2D eigenvalue weighted by Gasteiger charge is 2.35. The summed E-state index contributed by atoms with van der Waals surface area (Å²) >= 11 is 0. The van der Waals surface area contributed by atoms with Crippen LogP contribution in [0.4, 0.5) is 0 Å². The Hall–Kier alpha value is -1.07. The summed E-state index contributed by atoms with van der Waals surface area (Å²) in [6.07, 6.45) is 3.29. The molecule has 1 heterocycles. The van der Waals surface area contributed by atoms with E-state index < -0.39 is 11.2 Å². The van der Waals surface area contributed by atoms with Crippen LogP contribution in [0.2, 0.25) is 0 Å². The normalized spacial score (nSPS) is 12.4. The zero-order valence-corrected chi connectivity index (χ0v) is 11.0. The highest BCUT2D eigenvalue weighted by molar-refractivity contribution is 6.47. The Kier molecular flexibility index (Phi) is 4.17. The number of rotatable bonds is 5. The largest absolute Gasteiger partial charge is 0.495 e. The van der Waals surface area contributed by atoms with Gasteiger partial charge < -0.3 is 14.5 Å². The molecule has 0 spiro atoms. The molecule has 0 aromatic carbocycles. The number of aromatic nitrogens is 1. The SMILES string of the molecule is COc1cncc([B]OC(C)(C)C(C)(C)O)c1. The Morgan fingerprint density at radius 2 is 1.88 bits per heavy atom. The van der Waals surface area contributed by atoms with E-state index in [1.54, 1.807) is 40.8 Å². The van der Waals surface area contributed by atoms with Crippen molar-refractivity contribution in [1.29, 1.82) is 0 Å². The Labute approximate surface area is 103 Å². The monoisotopic (exact) mass is 236 g/mol. The number of aliphatic hydroxyl groups is 1. The van der Waals surface area contributed by atoms with Gasteiger partial charge in [-0.2, -0.15) is 0 Å². The fraction of sp³-hybridized carbons (Fsp3) is 0.583. The summed E-state index contributed by atoms with van der Waals surface area (Å²) in [5.74, 6) is 0.670. The molecule has 0 aliphatic carbocycles. The zero-order valence-electron chi connectivity index (χ0n) is 11.0. The molecule has 1 aromatic heterocycles. The van der Waals surface area contributed by atoms with E-state index >= 15 is 0 Å². The van der Waals surface area contributed by atoms with Crippen molar-refractivity contribution in [2.24, 2.45) is 0 Å². The third-order valence-electron chi connectivity index (χ3n) is 2.93. The number of hydrogen-bond acceptors (Lipinski definition) is 4. The van der Waals surface area contributed by atoms with Gasteiger partial charge in [-0.05, 0) is 39.2 Å². The molecule has 0 aliphatic rings. The molecule has 5 heteroatoms. The predicted molar refractivity (Wildman–Crippen MR) is 67.6 cm³/mol. The van der Waals surface area contributed by atoms with Crippen LogP contribution in [0.1, 0.15) is 27.7 Å². The third kappa shape index (κ3) is 3.72. The molecular formula is C12H19BNO3. The first-order valence-electron chi connectivity index (χ1n) is 5.49. The van der Waals surface area contributed by atoms with E-state index in [0.717, 1.165) is 5.46 Å². The summed E-state index contributed by atoms with van der Waals surface area (Å²) in [4.78, 5) is 4.02. The lowest BCUT2D eigenvalue weighted by Gasteiger charge is -2.37. The van der Waals surface area contributed by atoms with Gasteiger partial charge in [0.25, 0.3) is 0 Å². The average Bonchev–Trinajstić information content (AvgIpc) is 2.25. The fourth-order valence-electron chi connectivity index (χ4n) is 0.971. The van der Waals surface area contributed by atoms with Gasteiger partial charge in [0, 0.05) is 6.20 Å². The van der Waals surface area contributed by atoms with Crippen molar-refractivity contribution in [3.05, 3.63) is 18.5 Å². The van der Waals surface area contributed by atoms with Gasteiger partial charge in [-0.1, -0.05) is 0 Å². The van der Waals surface area contributed by atoms with Crippen molar-refractivity contribution >= 4 is 12.9 Å². The molecule has 93 valence electrons. The predicted octanol–water partition coefficient (Wildman–Crippen LogP) is 0.901. The summed E-state index contributed by atoms with van der Waals surface area (Å²) in [6, 6.07) is 1.81. The molecule has 1 radical (unpaired) electrons. The van der Waals surface area contributed by atoms with Crippen LogP contribution in [-0.4, -0.2) is 35.9 Å². The van der Waals surface area contributed by atoms with E-state index in [0.29, 0.717) is 5.75 Å². The van der Waals surface area contributed by atoms with Crippen molar-refractivity contribution < 1.29 is 14.5 Å². The quantitative estimate of drug-likeness (QED) is 0.771. The Balaban J connectivity index is 2.67. The van der Waals surface area contributed by atoms with Crippen LogP contribution in [0.25, 0.3) is 0 Å². The van der Waals surface area contributed by atoms with E-state index in [4.69, 9.17) is 9.39 Å². The van der Waals surface area contributed by atoms with E-state index in [2.05, 4.69) is 4.98 Å². The maximum atomic E-state index is 9.94. The van der Waals surface area contributed by atoms with Crippen LogP contribution < -0.4 is 10.2 Å². The van der Waals surface area contributed by atoms with Gasteiger partial charge in [-0.3, -0.25) is 4.98 Å². The van der Waals surface area contributed by atoms with E-state index in [1.165, 1.54) is 0 Å². The summed E-state index contributed by atoms with van der Waals surface area (Å²) in [7, 11) is 3.16. The molecule has 0 saturated heterocycles. The Morgan fingerprint density at radius 1 is 1.24 bits per heavy atom. The van der Waals surface area contributed by atoms with Crippen LogP contribution >= 0.6 is 0 Å². The number of methoxy groups -OCH3 is 1. The number of pyridine rings is 1. The highest BCUT2D eigenvalue weighted by Crippen LogP contribution is 2.24. The van der Waals surface area contributed by atoms with Gasteiger partial charge >= 0.3 is 7.48 Å². The highest BCUT2D eigenvalue weighted by atomic mass is 16.5. The second-order valence-corrected chi connectivity index (χ2v) is 4.96. The Morgan fingerprint density at radius 3 is 2.41 bits per heavy atom. The first-order valence-corrected chi connectivity index (χ1v) is 5.49. The molecule has 0 saturated carbocycles. The van der Waals surface area contributed by atoms with Gasteiger partial charge in [-0.15, -0.1) is 0 Å². The maximum Gasteiger partial charge on any atom is 0.332 e. The molecule has 17 heavy (non-hydrogen) atoms. The maximum absolute atomic E-state index is 9.94. The number of hydrogen-bond donors (Lipinski definition) is 1. The minimum atomic E-state index is -0.935. The molecule has 1 rings (SSSR count). The second-order valence-electron chi connectivity index (χ2n) is 4.96. The van der Waals surface area contributed by atoms with Gasteiger partial charge in [0.1, 0.15) is 5.75 Å². The standard InChI is InChI=1S/C12H19BNO3/c1-11(2,15)12(3,4)17-13-9-6-10(16-5)8-14-7-9/h6-8,15H,1-5H3. The Bertz CT molecular complexity index is 374. The molecule has 0 amide bonds. The molecular weight excluding hydrogens is 217 g/mol. The smallest absolute Gasteiger partial charge is 0.332 e. The van der Waals surface area contributed by atoms with Crippen molar-refractivity contribution in [2.45, 2.75) is 38.9 Å². The summed E-state index contributed by atoms with van der Waals surface area (Å²) < 4.78 is 10.7. The minimum absolute atomic E-state index is 0.670. The van der Waals surface area contributed by atoms with Crippen LogP contribution in [-0.2, 0) is 4.65 Å². The number of ether oxygens (including phenoxy) is 1. The molecule has 0 unspecified atom stereocenters. The van der Waals surface area contributed by atoms with E-state index in [9.17, 15) is 5.11 Å². The van der Waals surface area contributed by atoms with Gasteiger partial charge in [-0.25, -0.2) is 0 Å². The van der Waals surface area contributed by atoms with Crippen molar-refractivity contribution in [3.8, 4) is 5.75 Å². The molecule has 0 bridgehead atoms. The molecule has 0 aliphatic heterocycles. The molecule has 1 aromatic rings. The summed E-state index contributed by atoms with van der Waals surface area (Å²) in [5.41, 5.74) is -0.826. The van der Waals surface area contributed by atoms with Gasteiger partial charge in [0.15, 0.2) is 0 Å². The first-order chi connectivity index (χ1) is 7.76. The van der Waals surface area contributed by atoms with Crippen molar-refractivity contribution in [3.63, 3.8) is 0 Å². The average molecular weight is 236 g/mol. The summed E-state index contributed by atoms with van der Waals surface area (Å²) in [6.45, 7) is 7.09. The molecule has 1 N–H and O–H groups in total. The molecule has 0 fully saturated rings. The fourth-order valence-corrected chi connectivity index (χ4v) is 0.971. The first kappa shape index (κ1) is 14.0. The molecule has 0 atom stereocenters. The van der Waals surface area contributed by atoms with Crippen LogP contribution in [0, 0.1) is 0 Å². The third-order valence-corrected chi connectivity index (χ3v) is 2.93. The van der Waals surface area contributed by atoms with Gasteiger partial charge in [0.2, 0.25) is 0 Å². The lowest BCUT2D eigenvalue weighted by molar-refractivity contribution is -0.0893. The van der Waals surface area contributed by atoms with Crippen molar-refractivity contribution in [1.82, 2.24) is 4.98 Å². The van der Waals surface area contributed by atoms with Crippen LogP contribution in [0.5, 0.6) is 5.75 Å². The zero-order chi connectivity index (χ0) is 13.1. The van der Waals surface area contributed by atoms with Crippen LogP contribution in [0.3, 0.4) is 0 Å². The number of nitrogens with zero attached hydrogens (tertiary/aromatic N) is 1. The summed E-state index contributed by atoms with van der Waals surface area (Å²) in [5, 5.41) is 9.94. The lowest BCUT2D eigenvalue weighted by Crippen LogP contribution is -2.49. The minimum Gasteiger partial charge on any atom is -0.495 e. The second kappa shape index (κ2) is 5.06. The van der Waals surface area contributed by atoms with Crippen molar-refractivity contribution in [2.75, 3.05) is 7.11 Å².